The number of halogens is 1. The summed E-state index contributed by atoms with van der Waals surface area (Å²) in [6.07, 6.45) is 5.09. The first-order chi connectivity index (χ1) is 21.3. The van der Waals surface area contributed by atoms with E-state index in [1.807, 2.05) is 12.2 Å². The molecule has 1 saturated heterocycles. The highest BCUT2D eigenvalue weighted by molar-refractivity contribution is 6.34. The van der Waals surface area contributed by atoms with E-state index in [1.165, 1.54) is 43.5 Å². The van der Waals surface area contributed by atoms with Crippen molar-refractivity contribution in [1.82, 2.24) is 10.0 Å². The summed E-state index contributed by atoms with van der Waals surface area (Å²) in [7, 11) is 1.50. The molecule has 2 saturated carbocycles. The first kappa shape index (κ1) is 28.0. The number of ketones is 1. The van der Waals surface area contributed by atoms with Crippen molar-refractivity contribution < 1.29 is 33.4 Å². The molecule has 6 atom stereocenters. The van der Waals surface area contributed by atoms with Crippen molar-refractivity contribution >= 4 is 41.1 Å². The maximum absolute atomic E-state index is 13.9. The summed E-state index contributed by atoms with van der Waals surface area (Å²) in [6, 6.07) is 18.7. The van der Waals surface area contributed by atoms with Gasteiger partial charge in [0.05, 0.1) is 35.1 Å². The fraction of sp³-hybridized carbons (Fsp3) is 0.265. The van der Waals surface area contributed by atoms with E-state index >= 15 is 0 Å². The Morgan fingerprint density at radius 1 is 0.841 bits per heavy atom. The van der Waals surface area contributed by atoms with Crippen LogP contribution in [0.5, 0.6) is 11.5 Å². The van der Waals surface area contributed by atoms with Gasteiger partial charge in [0, 0.05) is 5.56 Å². The first-order valence-electron chi connectivity index (χ1n) is 14.4. The van der Waals surface area contributed by atoms with Crippen LogP contribution < -0.4 is 9.47 Å². The summed E-state index contributed by atoms with van der Waals surface area (Å²) in [4.78, 5) is 67.8. The average molecular weight is 611 g/mol. The van der Waals surface area contributed by atoms with Crippen LogP contribution in [0, 0.1) is 35.5 Å². The largest absolute Gasteiger partial charge is 0.497 e. The summed E-state index contributed by atoms with van der Waals surface area (Å²) in [5.41, 5.74) is 0.559. The van der Waals surface area contributed by atoms with Crippen LogP contribution in [0.1, 0.15) is 37.5 Å². The summed E-state index contributed by atoms with van der Waals surface area (Å²) < 4.78 is 10.6. The third-order valence-corrected chi connectivity index (χ3v) is 9.53. The molecule has 44 heavy (non-hydrogen) atoms. The summed E-state index contributed by atoms with van der Waals surface area (Å²) in [5.74, 6) is -2.47. The number of imide groups is 1. The lowest BCUT2D eigenvalue weighted by Gasteiger charge is -2.37. The number of Topliss-reactive ketones (excluding diaryl/α,β-unsaturated/α-hetero) is 1. The molecule has 3 amide bonds. The molecule has 0 N–H and O–H groups in total. The van der Waals surface area contributed by atoms with Gasteiger partial charge < -0.3 is 9.47 Å². The van der Waals surface area contributed by atoms with Crippen molar-refractivity contribution in [1.29, 1.82) is 0 Å². The van der Waals surface area contributed by atoms with Gasteiger partial charge in [0.25, 0.3) is 17.7 Å². The molecule has 222 valence electrons. The molecule has 10 heteroatoms. The minimum Gasteiger partial charge on any atom is -0.497 e. The van der Waals surface area contributed by atoms with E-state index < -0.39 is 47.9 Å². The fourth-order valence-corrected chi connectivity index (χ4v) is 7.25. The van der Waals surface area contributed by atoms with Gasteiger partial charge in [0.2, 0.25) is 0 Å². The normalized spacial score (nSPS) is 25.7. The molecule has 2 bridgehead atoms. The molecule has 8 rings (SSSR count). The molecule has 3 aromatic carbocycles. The number of nitrogens with zero attached hydrogens (tertiary/aromatic N) is 2. The molecule has 9 nitrogen and oxygen atoms in total. The Hall–Kier alpha value is -4.76. The van der Waals surface area contributed by atoms with Crippen molar-refractivity contribution in [2.75, 3.05) is 13.7 Å². The van der Waals surface area contributed by atoms with E-state index in [0.717, 1.165) is 16.4 Å². The maximum Gasteiger partial charge on any atom is 0.343 e. The number of methoxy groups -OCH3 is 1. The Morgan fingerprint density at radius 2 is 1.50 bits per heavy atom. The molecular weight excluding hydrogens is 584 g/mol. The summed E-state index contributed by atoms with van der Waals surface area (Å²) in [6.45, 7) is -0.570. The van der Waals surface area contributed by atoms with E-state index in [4.69, 9.17) is 21.1 Å². The molecule has 5 aliphatic rings. The zero-order valence-electron chi connectivity index (χ0n) is 23.6. The van der Waals surface area contributed by atoms with Crippen molar-refractivity contribution in [3.63, 3.8) is 0 Å². The van der Waals surface area contributed by atoms with Gasteiger partial charge in [-0.25, -0.2) is 9.80 Å². The molecule has 4 aliphatic carbocycles. The minimum atomic E-state index is -0.724. The van der Waals surface area contributed by atoms with Crippen LogP contribution >= 0.6 is 11.6 Å². The third-order valence-electron chi connectivity index (χ3n) is 9.21. The highest BCUT2D eigenvalue weighted by Crippen LogP contribution is 2.65. The Labute approximate surface area is 257 Å². The van der Waals surface area contributed by atoms with Crippen molar-refractivity contribution in [3.8, 4) is 11.5 Å². The standard InChI is InChI=1S/C34H27ClN2O7/c1-43-21-6-4-5-19(15-21)34(42)44-20-11-9-18(10-12-20)28(38)17-36(31(39)24-7-2-3-8-27(24)35)37-32(40)29-22-13-14-23(26-16-25(22)26)30(29)33(37)41/h2-15,22-23,25-26,29-30H,16-17H2,1H3/t22-,23-,25-,26-,29+,30+/m0/s1. The second-order valence-electron chi connectivity index (χ2n) is 11.6. The summed E-state index contributed by atoms with van der Waals surface area (Å²) in [5, 5.41) is 1.96. The molecule has 1 aliphatic heterocycles. The third kappa shape index (κ3) is 4.59. The van der Waals surface area contributed by atoms with Crippen LogP contribution in [0.4, 0.5) is 0 Å². The Morgan fingerprint density at radius 3 is 2.14 bits per heavy atom. The van der Waals surface area contributed by atoms with Gasteiger partial charge in [-0.2, -0.15) is 5.01 Å². The van der Waals surface area contributed by atoms with Crippen molar-refractivity contribution in [2.45, 2.75) is 6.42 Å². The van der Waals surface area contributed by atoms with Gasteiger partial charge in [-0.3, -0.25) is 19.2 Å². The zero-order valence-corrected chi connectivity index (χ0v) is 24.3. The number of hydrogen-bond donors (Lipinski definition) is 0. The van der Waals surface area contributed by atoms with Crippen LogP contribution in [-0.2, 0) is 9.59 Å². The number of allylic oxidation sites excluding steroid dienone is 2. The number of esters is 1. The lowest BCUT2D eigenvalue weighted by molar-refractivity contribution is -0.154. The van der Waals surface area contributed by atoms with Gasteiger partial charge in [-0.05, 0) is 84.7 Å². The Bertz CT molecular complexity index is 1720. The van der Waals surface area contributed by atoms with E-state index in [0.29, 0.717) is 23.1 Å². The number of hydrazine groups is 1. The zero-order chi connectivity index (χ0) is 30.7. The number of hydrogen-bond acceptors (Lipinski definition) is 7. The summed E-state index contributed by atoms with van der Waals surface area (Å²) >= 11 is 6.34. The number of carbonyl (C=O) groups is 5. The Kier molecular flexibility index (Phi) is 6.85. The average Bonchev–Trinajstić information content (AvgIpc) is 3.83. The molecule has 3 fully saturated rings. The quantitative estimate of drug-likeness (QED) is 0.118. The first-order valence-corrected chi connectivity index (χ1v) is 14.8. The van der Waals surface area contributed by atoms with Gasteiger partial charge >= 0.3 is 5.97 Å². The molecule has 0 radical (unpaired) electrons. The minimum absolute atomic E-state index is 0.0448. The SMILES string of the molecule is COc1cccc(C(=O)Oc2ccc(C(=O)CN(C(=O)c3ccccc3Cl)N3C(=O)[C@@H]4[C@H]5C=C[C@@H]([C@@H]6C[C@@H]56)[C@H]4C3=O)cc2)c1. The number of carbonyl (C=O) groups excluding carboxylic acids is 5. The highest BCUT2D eigenvalue weighted by atomic mass is 35.5. The molecule has 0 aromatic heterocycles. The van der Waals surface area contributed by atoms with E-state index in [9.17, 15) is 24.0 Å². The van der Waals surface area contributed by atoms with Crippen LogP contribution in [0.3, 0.4) is 0 Å². The lowest BCUT2D eigenvalue weighted by atomic mass is 9.63. The predicted molar refractivity (Wildman–Crippen MR) is 158 cm³/mol. The van der Waals surface area contributed by atoms with Gasteiger partial charge in [-0.1, -0.05) is 42.0 Å². The molecule has 3 aromatic rings. The predicted octanol–water partition coefficient (Wildman–Crippen LogP) is 4.86. The molecule has 1 heterocycles. The van der Waals surface area contributed by atoms with Gasteiger partial charge in [-0.15, -0.1) is 0 Å². The van der Waals surface area contributed by atoms with Gasteiger partial charge in [0.1, 0.15) is 18.0 Å². The van der Waals surface area contributed by atoms with Gasteiger partial charge in [0.15, 0.2) is 5.78 Å². The maximum atomic E-state index is 13.9. The van der Waals surface area contributed by atoms with Crippen molar-refractivity contribution in [2.24, 2.45) is 35.5 Å². The van der Waals surface area contributed by atoms with Crippen LogP contribution in [0.2, 0.25) is 5.02 Å². The molecule has 0 spiro atoms. The van der Waals surface area contributed by atoms with Crippen LogP contribution in [0.25, 0.3) is 0 Å². The van der Waals surface area contributed by atoms with E-state index in [2.05, 4.69) is 0 Å². The Balaban J connectivity index is 1.13. The smallest absolute Gasteiger partial charge is 0.343 e. The fourth-order valence-electron chi connectivity index (χ4n) is 7.04. The van der Waals surface area contributed by atoms with Crippen LogP contribution in [0.15, 0.2) is 84.9 Å². The van der Waals surface area contributed by atoms with E-state index in [1.54, 1.807) is 36.4 Å². The molecular formula is C34H27ClN2O7. The van der Waals surface area contributed by atoms with E-state index in [-0.39, 0.29) is 33.7 Å². The lowest BCUT2D eigenvalue weighted by Crippen LogP contribution is -2.52. The number of rotatable bonds is 8. The number of ether oxygens (including phenoxy) is 2. The van der Waals surface area contributed by atoms with Crippen LogP contribution in [-0.4, -0.2) is 53.1 Å². The monoisotopic (exact) mass is 610 g/mol. The number of amides is 3. The topological polar surface area (TPSA) is 110 Å². The number of benzene rings is 3. The van der Waals surface area contributed by atoms with Crippen molar-refractivity contribution in [3.05, 3.63) is 107 Å². The second-order valence-corrected chi connectivity index (χ2v) is 12.0. The highest BCUT2D eigenvalue weighted by Gasteiger charge is 2.68. The second kappa shape index (κ2) is 10.7. The molecule has 0 unspecified atom stereocenters.